The maximum Gasteiger partial charge on any atom is 0.387 e. The molecule has 27 heavy (non-hydrogen) atoms. The van der Waals surface area contributed by atoms with E-state index in [4.69, 9.17) is 14.2 Å². The number of methoxy groups -OCH3 is 2. The minimum absolute atomic E-state index is 0.0428. The van der Waals surface area contributed by atoms with Crippen LogP contribution in [0.2, 0.25) is 0 Å². The molecule has 2 aromatic carbocycles. The number of ether oxygens (including phenoxy) is 4. The summed E-state index contributed by atoms with van der Waals surface area (Å²) in [6.45, 7) is -0.903. The minimum atomic E-state index is -2.89. The highest BCUT2D eigenvalue weighted by Crippen LogP contribution is 2.29. The van der Waals surface area contributed by atoms with Crippen molar-refractivity contribution >= 4 is 0 Å². The third kappa shape index (κ3) is 6.94. The number of benzene rings is 2. The molecule has 0 N–H and O–H groups in total. The molecule has 0 heterocycles. The molecule has 0 aromatic heterocycles. The second kappa shape index (κ2) is 10.6. The molecule has 0 radical (unpaired) electrons. The van der Waals surface area contributed by atoms with E-state index in [2.05, 4.69) is 9.64 Å². The van der Waals surface area contributed by atoms with Gasteiger partial charge < -0.3 is 23.8 Å². The molecule has 0 aliphatic rings. The molecule has 0 aliphatic heterocycles. The quantitative estimate of drug-likeness (QED) is 0.546. The lowest BCUT2D eigenvalue weighted by atomic mass is 10.2. The smallest absolute Gasteiger partial charge is 0.387 e. The van der Waals surface area contributed by atoms with Gasteiger partial charge in [0.1, 0.15) is 11.5 Å². The summed E-state index contributed by atoms with van der Waals surface area (Å²) < 4.78 is 45.4. The molecule has 0 unspecified atom stereocenters. The summed E-state index contributed by atoms with van der Waals surface area (Å²) >= 11 is 0. The van der Waals surface area contributed by atoms with Crippen LogP contribution < -0.4 is 18.9 Å². The van der Waals surface area contributed by atoms with Gasteiger partial charge in [-0.25, -0.2) is 0 Å². The lowest BCUT2D eigenvalue weighted by molar-refractivity contribution is -0.0512. The third-order valence-electron chi connectivity index (χ3n) is 3.91. The van der Waals surface area contributed by atoms with Crippen LogP contribution in [0.4, 0.5) is 8.78 Å². The van der Waals surface area contributed by atoms with Crippen LogP contribution in [0.3, 0.4) is 0 Å². The van der Waals surface area contributed by atoms with Crippen LogP contribution in [0.25, 0.3) is 0 Å². The van der Waals surface area contributed by atoms with E-state index in [1.54, 1.807) is 19.2 Å². The summed E-state index contributed by atoms with van der Waals surface area (Å²) in [7, 11) is 5.00. The van der Waals surface area contributed by atoms with E-state index in [0.29, 0.717) is 13.2 Å². The number of hydrogen-bond acceptors (Lipinski definition) is 5. The summed E-state index contributed by atoms with van der Waals surface area (Å²) in [5.74, 6) is 1.91. The van der Waals surface area contributed by atoms with Crippen molar-refractivity contribution in [1.29, 1.82) is 0 Å². The molecule has 0 saturated heterocycles. The maximum atomic E-state index is 12.5. The van der Waals surface area contributed by atoms with Crippen LogP contribution in [-0.2, 0) is 6.54 Å². The third-order valence-corrected chi connectivity index (χ3v) is 3.91. The predicted octanol–water partition coefficient (Wildman–Crippen LogP) is 4.21. The molecular weight excluding hydrogens is 356 g/mol. The second-order valence-corrected chi connectivity index (χ2v) is 5.98. The van der Waals surface area contributed by atoms with E-state index < -0.39 is 6.61 Å². The van der Waals surface area contributed by atoms with Gasteiger partial charge in [0.05, 0.1) is 20.8 Å². The van der Waals surface area contributed by atoms with E-state index in [1.165, 1.54) is 7.11 Å². The molecule has 0 fully saturated rings. The van der Waals surface area contributed by atoms with Crippen molar-refractivity contribution in [2.24, 2.45) is 0 Å². The molecule has 0 amide bonds. The SMILES string of the molecule is COc1ccc(OCCCN(C)Cc2ccc(OC)c(OC(F)F)c2)cc1. The summed E-state index contributed by atoms with van der Waals surface area (Å²) in [6, 6.07) is 12.5. The van der Waals surface area contributed by atoms with E-state index in [9.17, 15) is 8.78 Å². The first-order chi connectivity index (χ1) is 13.0. The molecule has 148 valence electrons. The Morgan fingerprint density at radius 3 is 2.26 bits per heavy atom. The van der Waals surface area contributed by atoms with Gasteiger partial charge in [0.15, 0.2) is 11.5 Å². The normalized spacial score (nSPS) is 10.9. The Morgan fingerprint density at radius 2 is 1.63 bits per heavy atom. The summed E-state index contributed by atoms with van der Waals surface area (Å²) in [6.07, 6.45) is 0.832. The van der Waals surface area contributed by atoms with Crippen molar-refractivity contribution in [3.8, 4) is 23.0 Å². The molecule has 0 spiro atoms. The average Bonchev–Trinajstić information content (AvgIpc) is 2.65. The highest BCUT2D eigenvalue weighted by molar-refractivity contribution is 5.43. The Kier molecular flexibility index (Phi) is 8.13. The number of rotatable bonds is 11. The van der Waals surface area contributed by atoms with Gasteiger partial charge in [-0.1, -0.05) is 6.07 Å². The molecule has 5 nitrogen and oxygen atoms in total. The van der Waals surface area contributed by atoms with E-state index >= 15 is 0 Å². The summed E-state index contributed by atoms with van der Waals surface area (Å²) in [5, 5.41) is 0. The fourth-order valence-electron chi connectivity index (χ4n) is 2.59. The van der Waals surface area contributed by atoms with E-state index in [1.807, 2.05) is 37.4 Å². The number of halogens is 2. The lowest BCUT2D eigenvalue weighted by Crippen LogP contribution is -2.21. The van der Waals surface area contributed by atoms with Crippen molar-refractivity contribution in [3.63, 3.8) is 0 Å². The minimum Gasteiger partial charge on any atom is -0.497 e. The molecular formula is C20H25F2NO4. The summed E-state index contributed by atoms with van der Waals surface area (Å²) in [4.78, 5) is 2.09. The van der Waals surface area contributed by atoms with Crippen molar-refractivity contribution in [1.82, 2.24) is 4.90 Å². The van der Waals surface area contributed by atoms with Crippen LogP contribution in [0.1, 0.15) is 12.0 Å². The van der Waals surface area contributed by atoms with Gasteiger partial charge in [-0.2, -0.15) is 8.78 Å². The zero-order valence-electron chi connectivity index (χ0n) is 15.8. The highest BCUT2D eigenvalue weighted by atomic mass is 19.3. The van der Waals surface area contributed by atoms with Crippen LogP contribution in [0.15, 0.2) is 42.5 Å². The van der Waals surface area contributed by atoms with Gasteiger partial charge in [-0.05, 0) is 55.4 Å². The zero-order valence-corrected chi connectivity index (χ0v) is 15.8. The summed E-state index contributed by atoms with van der Waals surface area (Å²) in [5.41, 5.74) is 0.866. The number of nitrogens with zero attached hydrogens (tertiary/aromatic N) is 1. The van der Waals surface area contributed by atoms with Gasteiger partial charge in [0.2, 0.25) is 0 Å². The van der Waals surface area contributed by atoms with Crippen molar-refractivity contribution in [2.75, 3.05) is 34.4 Å². The Morgan fingerprint density at radius 1 is 0.926 bits per heavy atom. The fraction of sp³-hybridized carbons (Fsp3) is 0.400. The largest absolute Gasteiger partial charge is 0.497 e. The molecule has 0 bridgehead atoms. The molecule has 7 heteroatoms. The highest BCUT2D eigenvalue weighted by Gasteiger charge is 2.12. The Bertz CT molecular complexity index is 695. The van der Waals surface area contributed by atoms with Crippen LogP contribution >= 0.6 is 0 Å². The van der Waals surface area contributed by atoms with Crippen molar-refractivity contribution in [2.45, 2.75) is 19.6 Å². The van der Waals surface area contributed by atoms with E-state index in [-0.39, 0.29) is 11.5 Å². The fourth-order valence-corrected chi connectivity index (χ4v) is 2.59. The number of alkyl halides is 2. The van der Waals surface area contributed by atoms with Crippen molar-refractivity contribution < 1.29 is 27.7 Å². The standard InChI is InChI=1S/C20H25F2NO4/c1-23(11-4-12-26-17-8-6-16(24-2)7-9-17)14-15-5-10-18(25-3)19(13-15)27-20(21)22/h5-10,13,20H,4,11-12,14H2,1-3H3. The lowest BCUT2D eigenvalue weighted by Gasteiger charge is -2.18. The first kappa shape index (κ1) is 20.8. The van der Waals surface area contributed by atoms with Crippen LogP contribution in [-0.4, -0.2) is 45.9 Å². The second-order valence-electron chi connectivity index (χ2n) is 5.98. The Balaban J connectivity index is 1.78. The van der Waals surface area contributed by atoms with Gasteiger partial charge >= 0.3 is 6.61 Å². The van der Waals surface area contributed by atoms with Gasteiger partial charge in [0.25, 0.3) is 0 Å². The van der Waals surface area contributed by atoms with Crippen LogP contribution in [0.5, 0.6) is 23.0 Å². The molecule has 2 aromatic rings. The van der Waals surface area contributed by atoms with Crippen molar-refractivity contribution in [3.05, 3.63) is 48.0 Å². The molecule has 0 saturated carbocycles. The number of hydrogen-bond donors (Lipinski definition) is 0. The van der Waals surface area contributed by atoms with Gasteiger partial charge in [-0.15, -0.1) is 0 Å². The van der Waals surface area contributed by atoms with Crippen LogP contribution in [0, 0.1) is 0 Å². The van der Waals surface area contributed by atoms with Gasteiger partial charge in [-0.3, -0.25) is 0 Å². The maximum absolute atomic E-state index is 12.5. The monoisotopic (exact) mass is 381 g/mol. The zero-order chi connectivity index (χ0) is 19.6. The Hall–Kier alpha value is -2.54. The molecule has 0 aliphatic carbocycles. The van der Waals surface area contributed by atoms with Gasteiger partial charge in [0, 0.05) is 13.1 Å². The molecule has 2 rings (SSSR count). The molecule has 0 atom stereocenters. The van der Waals surface area contributed by atoms with E-state index in [0.717, 1.165) is 30.0 Å². The topological polar surface area (TPSA) is 40.2 Å². The first-order valence-electron chi connectivity index (χ1n) is 8.59. The Labute approximate surface area is 158 Å². The predicted molar refractivity (Wildman–Crippen MR) is 99.1 cm³/mol. The average molecular weight is 381 g/mol. The first-order valence-corrected chi connectivity index (χ1v) is 8.59.